The Labute approximate surface area is 140 Å². The molecule has 0 fully saturated rings. The van der Waals surface area contributed by atoms with E-state index >= 15 is 0 Å². The van der Waals surface area contributed by atoms with Crippen LogP contribution >= 0.6 is 0 Å². The van der Waals surface area contributed by atoms with E-state index < -0.39 is 0 Å². The fraction of sp³-hybridized carbons (Fsp3) is 0.150. The SMILES string of the molecule is CC(=O)Oc1cccc(N2CN(C)c3cccc4cccc2c34)c1. The van der Waals surface area contributed by atoms with E-state index in [2.05, 4.69) is 53.2 Å². The second-order valence-corrected chi connectivity index (χ2v) is 6.01. The average molecular weight is 318 g/mol. The van der Waals surface area contributed by atoms with E-state index in [1.54, 1.807) is 6.07 Å². The minimum atomic E-state index is -0.310. The van der Waals surface area contributed by atoms with Crippen LogP contribution < -0.4 is 14.5 Å². The van der Waals surface area contributed by atoms with E-state index in [1.165, 1.54) is 29.1 Å². The van der Waals surface area contributed by atoms with Gasteiger partial charge in [0, 0.05) is 36.8 Å². The van der Waals surface area contributed by atoms with Crippen LogP contribution in [-0.4, -0.2) is 19.7 Å². The Morgan fingerprint density at radius 1 is 1.00 bits per heavy atom. The largest absolute Gasteiger partial charge is 0.427 e. The molecule has 0 saturated heterocycles. The molecule has 0 atom stereocenters. The summed E-state index contributed by atoms with van der Waals surface area (Å²) in [5, 5.41) is 2.46. The van der Waals surface area contributed by atoms with E-state index in [4.69, 9.17) is 4.74 Å². The Bertz CT molecular complexity index is 931. The van der Waals surface area contributed by atoms with Crippen LogP contribution in [0, 0.1) is 0 Å². The molecule has 3 aromatic carbocycles. The molecule has 0 bridgehead atoms. The molecule has 120 valence electrons. The molecule has 4 nitrogen and oxygen atoms in total. The molecule has 0 aliphatic carbocycles. The lowest BCUT2D eigenvalue weighted by atomic mass is 10.0. The quantitative estimate of drug-likeness (QED) is 0.521. The molecule has 1 aliphatic heterocycles. The van der Waals surface area contributed by atoms with Crippen molar-refractivity contribution in [3.63, 3.8) is 0 Å². The third-order valence-electron chi connectivity index (χ3n) is 4.31. The first-order chi connectivity index (χ1) is 11.6. The van der Waals surface area contributed by atoms with Gasteiger partial charge in [-0.25, -0.2) is 0 Å². The van der Waals surface area contributed by atoms with Crippen molar-refractivity contribution in [3.8, 4) is 5.75 Å². The van der Waals surface area contributed by atoms with Gasteiger partial charge in [0.15, 0.2) is 0 Å². The molecule has 0 spiro atoms. The highest BCUT2D eigenvalue weighted by Gasteiger charge is 2.23. The van der Waals surface area contributed by atoms with Gasteiger partial charge in [0.05, 0.1) is 12.4 Å². The summed E-state index contributed by atoms with van der Waals surface area (Å²) in [4.78, 5) is 15.7. The minimum Gasteiger partial charge on any atom is -0.427 e. The number of nitrogens with zero attached hydrogens (tertiary/aromatic N) is 2. The molecule has 0 unspecified atom stereocenters. The molecule has 1 aliphatic rings. The normalized spacial score (nSPS) is 13.2. The van der Waals surface area contributed by atoms with E-state index in [0.717, 1.165) is 12.4 Å². The van der Waals surface area contributed by atoms with Gasteiger partial charge in [-0.3, -0.25) is 4.79 Å². The van der Waals surface area contributed by atoms with Gasteiger partial charge >= 0.3 is 5.97 Å². The maximum Gasteiger partial charge on any atom is 0.308 e. The average Bonchev–Trinajstić information content (AvgIpc) is 2.57. The summed E-state index contributed by atoms with van der Waals surface area (Å²) in [6, 6.07) is 20.4. The fourth-order valence-corrected chi connectivity index (χ4v) is 3.31. The molecular weight excluding hydrogens is 300 g/mol. The number of hydrogen-bond acceptors (Lipinski definition) is 4. The fourth-order valence-electron chi connectivity index (χ4n) is 3.31. The highest BCUT2D eigenvalue weighted by Crippen LogP contribution is 2.42. The first kappa shape index (κ1) is 14.6. The number of carbonyl (C=O) groups excluding carboxylic acids is 1. The number of rotatable bonds is 2. The van der Waals surface area contributed by atoms with Crippen LogP contribution in [0.3, 0.4) is 0 Å². The third kappa shape index (κ3) is 2.36. The number of anilines is 3. The summed E-state index contributed by atoms with van der Waals surface area (Å²) in [5.74, 6) is 0.254. The maximum atomic E-state index is 11.2. The van der Waals surface area contributed by atoms with Crippen molar-refractivity contribution in [3.05, 3.63) is 60.7 Å². The van der Waals surface area contributed by atoms with Crippen molar-refractivity contribution in [2.24, 2.45) is 0 Å². The van der Waals surface area contributed by atoms with Gasteiger partial charge in [0.1, 0.15) is 5.75 Å². The van der Waals surface area contributed by atoms with Gasteiger partial charge < -0.3 is 14.5 Å². The van der Waals surface area contributed by atoms with Crippen LogP contribution in [-0.2, 0) is 4.79 Å². The Kier molecular flexibility index (Phi) is 3.38. The first-order valence-electron chi connectivity index (χ1n) is 7.92. The second-order valence-electron chi connectivity index (χ2n) is 6.01. The van der Waals surface area contributed by atoms with Crippen molar-refractivity contribution in [2.75, 3.05) is 23.5 Å². The van der Waals surface area contributed by atoms with Gasteiger partial charge in [0.2, 0.25) is 0 Å². The van der Waals surface area contributed by atoms with Gasteiger partial charge in [-0.1, -0.05) is 30.3 Å². The molecule has 0 aromatic heterocycles. The highest BCUT2D eigenvalue weighted by atomic mass is 16.5. The summed E-state index contributed by atoms with van der Waals surface area (Å²) >= 11 is 0. The smallest absolute Gasteiger partial charge is 0.308 e. The summed E-state index contributed by atoms with van der Waals surface area (Å²) in [7, 11) is 2.09. The van der Waals surface area contributed by atoms with Gasteiger partial charge in [-0.15, -0.1) is 0 Å². The molecular formula is C20H18N2O2. The summed E-state index contributed by atoms with van der Waals surface area (Å²) in [6.07, 6.45) is 0. The van der Waals surface area contributed by atoms with Crippen molar-refractivity contribution < 1.29 is 9.53 Å². The zero-order chi connectivity index (χ0) is 16.7. The van der Waals surface area contributed by atoms with Crippen molar-refractivity contribution >= 4 is 33.8 Å². The lowest BCUT2D eigenvalue weighted by Gasteiger charge is -2.37. The number of benzene rings is 3. The predicted molar refractivity (Wildman–Crippen MR) is 97.1 cm³/mol. The lowest BCUT2D eigenvalue weighted by Crippen LogP contribution is -2.35. The minimum absolute atomic E-state index is 0.310. The van der Waals surface area contributed by atoms with E-state index in [0.29, 0.717) is 5.75 Å². The summed E-state index contributed by atoms with van der Waals surface area (Å²) in [6.45, 7) is 2.15. The van der Waals surface area contributed by atoms with E-state index in [1.807, 2.05) is 18.2 Å². The number of esters is 1. The molecule has 4 heteroatoms. The maximum absolute atomic E-state index is 11.2. The molecule has 1 heterocycles. The Balaban J connectivity index is 1.86. The Morgan fingerprint density at radius 3 is 2.46 bits per heavy atom. The number of carbonyl (C=O) groups is 1. The van der Waals surface area contributed by atoms with Gasteiger partial charge in [0.25, 0.3) is 0 Å². The zero-order valence-electron chi connectivity index (χ0n) is 13.7. The van der Waals surface area contributed by atoms with Crippen LogP contribution in [0.4, 0.5) is 17.1 Å². The van der Waals surface area contributed by atoms with Gasteiger partial charge in [-0.05, 0) is 29.7 Å². The van der Waals surface area contributed by atoms with E-state index in [9.17, 15) is 4.79 Å². The van der Waals surface area contributed by atoms with Crippen LogP contribution in [0.25, 0.3) is 10.8 Å². The molecule has 0 amide bonds. The van der Waals surface area contributed by atoms with Crippen molar-refractivity contribution in [2.45, 2.75) is 6.92 Å². The number of ether oxygens (including phenoxy) is 1. The Hall–Kier alpha value is -3.01. The second kappa shape index (κ2) is 5.57. The molecule has 3 aromatic rings. The van der Waals surface area contributed by atoms with Crippen molar-refractivity contribution in [1.82, 2.24) is 0 Å². The third-order valence-corrected chi connectivity index (χ3v) is 4.31. The van der Waals surface area contributed by atoms with Crippen LogP contribution in [0.1, 0.15) is 6.92 Å². The van der Waals surface area contributed by atoms with Crippen LogP contribution in [0.2, 0.25) is 0 Å². The standard InChI is InChI=1S/C20H18N2O2/c1-14(23)24-17-9-5-8-16(12-17)22-13-21(2)18-10-3-6-15-7-4-11-19(22)20(15)18/h3-12H,13H2,1-2H3. The Morgan fingerprint density at radius 2 is 1.71 bits per heavy atom. The molecule has 4 rings (SSSR count). The van der Waals surface area contributed by atoms with E-state index in [-0.39, 0.29) is 5.97 Å². The molecule has 0 radical (unpaired) electrons. The van der Waals surface area contributed by atoms with Gasteiger partial charge in [-0.2, -0.15) is 0 Å². The van der Waals surface area contributed by atoms with Crippen LogP contribution in [0.15, 0.2) is 60.7 Å². The predicted octanol–water partition coefficient (Wildman–Crippen LogP) is 4.31. The highest BCUT2D eigenvalue weighted by molar-refractivity contribution is 6.06. The first-order valence-corrected chi connectivity index (χ1v) is 7.92. The zero-order valence-corrected chi connectivity index (χ0v) is 13.7. The summed E-state index contributed by atoms with van der Waals surface area (Å²) < 4.78 is 5.24. The molecule has 0 saturated carbocycles. The summed E-state index contributed by atoms with van der Waals surface area (Å²) in [5.41, 5.74) is 3.40. The van der Waals surface area contributed by atoms with Crippen molar-refractivity contribution in [1.29, 1.82) is 0 Å². The molecule has 24 heavy (non-hydrogen) atoms. The number of hydrogen-bond donors (Lipinski definition) is 0. The monoisotopic (exact) mass is 318 g/mol. The lowest BCUT2D eigenvalue weighted by molar-refractivity contribution is -0.131. The van der Waals surface area contributed by atoms with Crippen LogP contribution in [0.5, 0.6) is 5.75 Å². The topological polar surface area (TPSA) is 32.8 Å². The molecule has 0 N–H and O–H groups in total.